The summed E-state index contributed by atoms with van der Waals surface area (Å²) in [6.45, 7) is 13.0. The summed E-state index contributed by atoms with van der Waals surface area (Å²) < 4.78 is 6.43. The Morgan fingerprint density at radius 1 is 0.718 bits per heavy atom. The first-order valence-corrected chi connectivity index (χ1v) is 21.2. The molecule has 0 aromatic carbocycles. The van der Waals surface area contributed by atoms with Gasteiger partial charge in [0.25, 0.3) is 0 Å². The average molecular weight is 637 g/mol. The van der Waals surface area contributed by atoms with Crippen molar-refractivity contribution in [2.75, 3.05) is 11.5 Å². The maximum Gasteiger partial charge on any atom is 0.0717 e. The number of allylic oxidation sites excluding steroid dienone is 2. The monoisotopic (exact) mass is 636 g/mol. The lowest BCUT2D eigenvalue weighted by Crippen LogP contribution is -2.53. The first-order valence-electron chi connectivity index (χ1n) is 15.9. The van der Waals surface area contributed by atoms with E-state index in [1.807, 2.05) is 0 Å². The molecule has 3 fully saturated rings. The smallest absolute Gasteiger partial charge is 0.0717 e. The fraction of sp³-hybridized carbons (Fsp3) is 0.818. The largest absolute Gasteiger partial charge is 0.116 e. The van der Waals surface area contributed by atoms with Crippen LogP contribution in [0.25, 0.3) is 0 Å². The molecule has 6 heteroatoms. The van der Waals surface area contributed by atoms with Crippen LogP contribution in [0.1, 0.15) is 105 Å². The Balaban J connectivity index is 1.05. The van der Waals surface area contributed by atoms with Crippen LogP contribution in [0.5, 0.6) is 0 Å². The molecule has 0 spiro atoms. The van der Waals surface area contributed by atoms with Crippen LogP contribution < -0.4 is 0 Å². The van der Waals surface area contributed by atoms with Crippen LogP contribution in [0.2, 0.25) is 0 Å². The fourth-order valence-electron chi connectivity index (χ4n) is 10.3. The third-order valence-corrected chi connectivity index (χ3v) is 21.2. The lowest BCUT2D eigenvalue weighted by atomic mass is 9.45. The molecule has 0 nitrogen and oxygen atoms in total. The highest BCUT2D eigenvalue weighted by Crippen LogP contribution is 2.72. The normalized spacial score (nSPS) is 42.5. The number of hydrogen-bond donors (Lipinski definition) is 0. The van der Waals surface area contributed by atoms with E-state index in [1.165, 1.54) is 82.1 Å². The standard InChI is InChI=1S/C33H48S6/c1-19(2)7-6-8-20(3)23-11-12-24-22-10-9-21-17-26-27(18-33(21,5)25(22)13-14-32(23,24)4)37-30(36-26)31-38-28-29(39-31)35-16-15-34-28/h19-25H,6-18H2,1-5H3/t20-,21+,22+,23-,24+,25+,32-,33+/m1/s1. The van der Waals surface area contributed by atoms with Crippen molar-refractivity contribution in [1.82, 2.24) is 0 Å². The third-order valence-electron chi connectivity index (χ3n) is 12.2. The van der Waals surface area contributed by atoms with Gasteiger partial charge in [0.2, 0.25) is 0 Å². The molecule has 0 aromatic rings. The van der Waals surface area contributed by atoms with Gasteiger partial charge in [-0.05, 0) is 104 Å². The fourth-order valence-corrected chi connectivity index (χ4v) is 19.6. The van der Waals surface area contributed by atoms with Crippen molar-refractivity contribution in [3.63, 3.8) is 0 Å². The van der Waals surface area contributed by atoms with Gasteiger partial charge in [0.15, 0.2) is 0 Å². The number of fused-ring (bicyclic) bond motifs is 5. The Morgan fingerprint density at radius 3 is 2.15 bits per heavy atom. The van der Waals surface area contributed by atoms with E-state index in [0.717, 1.165) is 41.4 Å². The van der Waals surface area contributed by atoms with Gasteiger partial charge >= 0.3 is 0 Å². The van der Waals surface area contributed by atoms with Gasteiger partial charge in [-0.1, -0.05) is 101 Å². The van der Waals surface area contributed by atoms with Crippen molar-refractivity contribution in [3.8, 4) is 0 Å². The molecule has 216 valence electrons. The van der Waals surface area contributed by atoms with Crippen molar-refractivity contribution >= 4 is 70.6 Å². The molecule has 0 aromatic heterocycles. The highest BCUT2D eigenvalue weighted by Gasteiger charge is 2.61. The van der Waals surface area contributed by atoms with Gasteiger partial charge in [-0.15, -0.1) is 23.5 Å². The van der Waals surface area contributed by atoms with Crippen molar-refractivity contribution in [2.45, 2.75) is 105 Å². The van der Waals surface area contributed by atoms with Crippen molar-refractivity contribution in [2.24, 2.45) is 52.3 Å². The summed E-state index contributed by atoms with van der Waals surface area (Å²) in [6.07, 6.45) is 16.2. The molecule has 3 saturated carbocycles. The average Bonchev–Trinajstić information content (AvgIpc) is 3.60. The summed E-state index contributed by atoms with van der Waals surface area (Å²) >= 11 is 12.8. The molecular weight excluding hydrogens is 589 g/mol. The lowest BCUT2D eigenvalue weighted by molar-refractivity contribution is -0.101. The van der Waals surface area contributed by atoms with E-state index in [-0.39, 0.29) is 0 Å². The van der Waals surface area contributed by atoms with Crippen LogP contribution in [0.4, 0.5) is 0 Å². The van der Waals surface area contributed by atoms with Crippen molar-refractivity contribution in [1.29, 1.82) is 0 Å². The Hall–Kier alpha value is 1.32. The summed E-state index contributed by atoms with van der Waals surface area (Å²) in [7, 11) is 0. The van der Waals surface area contributed by atoms with Gasteiger partial charge in [-0.2, -0.15) is 0 Å². The molecule has 0 N–H and O–H groups in total. The predicted molar refractivity (Wildman–Crippen MR) is 185 cm³/mol. The highest BCUT2D eigenvalue weighted by molar-refractivity contribution is 8.43. The van der Waals surface area contributed by atoms with Crippen LogP contribution in [0.3, 0.4) is 0 Å². The second kappa shape index (κ2) is 11.4. The molecule has 3 aliphatic heterocycles. The summed E-state index contributed by atoms with van der Waals surface area (Å²) in [5, 5.41) is 0. The van der Waals surface area contributed by atoms with Crippen LogP contribution in [0.15, 0.2) is 26.8 Å². The summed E-state index contributed by atoms with van der Waals surface area (Å²) in [5.74, 6) is 9.24. The first-order chi connectivity index (χ1) is 18.8. The minimum absolute atomic E-state index is 0.539. The zero-order valence-corrected chi connectivity index (χ0v) is 29.6. The zero-order chi connectivity index (χ0) is 26.9. The minimum Gasteiger partial charge on any atom is -0.116 e. The van der Waals surface area contributed by atoms with Crippen molar-refractivity contribution in [3.05, 3.63) is 26.8 Å². The molecule has 8 atom stereocenters. The van der Waals surface area contributed by atoms with E-state index in [4.69, 9.17) is 0 Å². The summed E-state index contributed by atoms with van der Waals surface area (Å²) in [4.78, 5) is 3.55. The van der Waals surface area contributed by atoms with Gasteiger partial charge in [0, 0.05) is 21.3 Å². The Bertz CT molecular complexity index is 1070. The molecule has 0 radical (unpaired) electrons. The van der Waals surface area contributed by atoms with E-state index in [9.17, 15) is 0 Å². The summed E-state index contributed by atoms with van der Waals surface area (Å²) in [5.41, 5.74) is 1.16. The van der Waals surface area contributed by atoms with Gasteiger partial charge in [-0.25, -0.2) is 0 Å². The second-order valence-electron chi connectivity index (χ2n) is 14.7. The maximum atomic E-state index is 2.77. The molecule has 0 saturated heterocycles. The van der Waals surface area contributed by atoms with Gasteiger partial charge < -0.3 is 0 Å². The van der Waals surface area contributed by atoms with E-state index in [0.29, 0.717) is 10.8 Å². The SMILES string of the molecule is CC(C)CCC[C@@H](C)[C@H]1CC[C@H]2[C@@H]3CC[C@H]4CC5=C(C[C@]4(C)[C@H]3CC[C@]12C)SC(=C1SC2=C(SCCS2)S1)S5. The molecule has 7 rings (SSSR count). The van der Waals surface area contributed by atoms with E-state index >= 15 is 0 Å². The van der Waals surface area contributed by atoms with Crippen LogP contribution in [-0.2, 0) is 0 Å². The number of rotatable bonds is 5. The third kappa shape index (κ3) is 5.13. The van der Waals surface area contributed by atoms with Gasteiger partial charge in [0.1, 0.15) is 0 Å². The molecule has 0 bridgehead atoms. The molecular formula is C33H48S6. The van der Waals surface area contributed by atoms with E-state index in [2.05, 4.69) is 105 Å². The number of hydrogen-bond acceptors (Lipinski definition) is 6. The quantitative estimate of drug-likeness (QED) is 0.292. The van der Waals surface area contributed by atoms with Crippen LogP contribution >= 0.6 is 70.6 Å². The molecule has 0 amide bonds. The summed E-state index contributed by atoms with van der Waals surface area (Å²) in [6, 6.07) is 0. The molecule has 0 unspecified atom stereocenters. The van der Waals surface area contributed by atoms with Crippen LogP contribution in [0, 0.1) is 52.3 Å². The Morgan fingerprint density at radius 2 is 1.41 bits per heavy atom. The van der Waals surface area contributed by atoms with Crippen molar-refractivity contribution < 1.29 is 0 Å². The second-order valence-corrected chi connectivity index (χ2v) is 22.2. The maximum absolute atomic E-state index is 2.77. The first kappa shape index (κ1) is 29.1. The molecule has 3 heterocycles. The topological polar surface area (TPSA) is 0 Å². The predicted octanol–water partition coefficient (Wildman–Crippen LogP) is 12.6. The van der Waals surface area contributed by atoms with Crippen LogP contribution in [-0.4, -0.2) is 11.5 Å². The van der Waals surface area contributed by atoms with Gasteiger partial charge in [-0.3, -0.25) is 0 Å². The van der Waals surface area contributed by atoms with E-state index < -0.39 is 0 Å². The Kier molecular flexibility index (Phi) is 8.46. The molecule has 4 aliphatic carbocycles. The van der Waals surface area contributed by atoms with E-state index in [1.54, 1.807) is 26.8 Å². The Labute approximate surface area is 264 Å². The molecule has 7 aliphatic rings. The minimum atomic E-state index is 0.539. The lowest BCUT2D eigenvalue weighted by Gasteiger charge is -2.60. The highest BCUT2D eigenvalue weighted by atomic mass is 32.3. The zero-order valence-electron chi connectivity index (χ0n) is 24.7. The van der Waals surface area contributed by atoms with Gasteiger partial charge in [0.05, 0.1) is 16.9 Å². The molecule has 39 heavy (non-hydrogen) atoms. The number of thioether (sulfide) groups is 6.